The molecule has 0 saturated carbocycles. The first-order chi connectivity index (χ1) is 41.0. The summed E-state index contributed by atoms with van der Waals surface area (Å²) in [5.74, 6) is -0.959. The van der Waals surface area contributed by atoms with Crippen LogP contribution in [0.25, 0.3) is 0 Å². The molecule has 0 aliphatic rings. The van der Waals surface area contributed by atoms with Crippen molar-refractivity contribution in [1.82, 2.24) is 0 Å². The number of ether oxygens (including phenoxy) is 3. The molecule has 0 fully saturated rings. The van der Waals surface area contributed by atoms with Crippen LogP contribution in [0.5, 0.6) is 0 Å². The summed E-state index contributed by atoms with van der Waals surface area (Å²) >= 11 is 0. The van der Waals surface area contributed by atoms with Gasteiger partial charge in [-0.05, 0) is 154 Å². The van der Waals surface area contributed by atoms with Gasteiger partial charge < -0.3 is 14.2 Å². The van der Waals surface area contributed by atoms with Crippen molar-refractivity contribution in [3.05, 3.63) is 182 Å². The predicted octanol–water partition coefficient (Wildman–Crippen LogP) is 23.2. The highest BCUT2D eigenvalue weighted by molar-refractivity contribution is 5.71. The van der Waals surface area contributed by atoms with E-state index in [9.17, 15) is 14.4 Å². The molecule has 0 radical (unpaired) electrons. The second-order valence-electron chi connectivity index (χ2n) is 21.2. The summed E-state index contributed by atoms with van der Waals surface area (Å²) in [4.78, 5) is 38.4. The Morgan fingerprint density at radius 1 is 0.241 bits per heavy atom. The molecule has 0 aliphatic carbocycles. The van der Waals surface area contributed by atoms with Crippen molar-refractivity contribution in [3.8, 4) is 0 Å². The Balaban J connectivity index is 4.51. The molecular weight excluding hydrogens is 1020 g/mol. The summed E-state index contributed by atoms with van der Waals surface area (Å²) in [5.41, 5.74) is 0. The van der Waals surface area contributed by atoms with Gasteiger partial charge in [-0.15, -0.1) is 0 Å². The molecule has 0 aromatic rings. The molecule has 0 aromatic carbocycles. The van der Waals surface area contributed by atoms with Crippen LogP contribution in [0.3, 0.4) is 0 Å². The van der Waals surface area contributed by atoms with Crippen molar-refractivity contribution in [2.75, 3.05) is 13.2 Å². The molecular formula is C77H120O6. The second kappa shape index (κ2) is 69.0. The highest BCUT2D eigenvalue weighted by Crippen LogP contribution is 2.14. The zero-order valence-corrected chi connectivity index (χ0v) is 53.1. The van der Waals surface area contributed by atoms with Crippen LogP contribution in [0.1, 0.15) is 265 Å². The van der Waals surface area contributed by atoms with Gasteiger partial charge in [0.25, 0.3) is 0 Å². The van der Waals surface area contributed by atoms with E-state index in [1.165, 1.54) is 25.7 Å². The summed E-state index contributed by atoms with van der Waals surface area (Å²) in [6.07, 6.45) is 103. The number of carbonyl (C=O) groups is 3. The van der Waals surface area contributed by atoms with Crippen LogP contribution in [0.15, 0.2) is 182 Å². The third kappa shape index (κ3) is 67.2. The molecule has 0 aliphatic heterocycles. The average molecular weight is 1140 g/mol. The summed E-state index contributed by atoms with van der Waals surface area (Å²) in [5, 5.41) is 0. The maximum absolute atomic E-state index is 12.9. The monoisotopic (exact) mass is 1140 g/mol. The van der Waals surface area contributed by atoms with Crippen LogP contribution >= 0.6 is 0 Å². The van der Waals surface area contributed by atoms with Crippen LogP contribution in [0.4, 0.5) is 0 Å². The molecule has 6 heteroatoms. The standard InChI is InChI=1S/C77H120O6/c1-4-7-10-13-16-19-22-25-28-31-33-35-36-37-38-39-40-42-43-46-49-52-55-58-61-64-67-70-76(79)82-73-74(72-81-75(78)69-66-63-60-57-54-51-48-45-30-27-24-21-18-15-12-9-6-3)83-77(80)71-68-65-62-59-56-53-50-47-44-41-34-32-29-26-23-20-17-14-11-8-5-2/h7-12,16-21,25-30,33-35,37-38,40-42,46-47,49-50,74H,4-6,13-15,22-24,31-32,36,39,43-45,48,51-73H2,1-3H3/b10-7-,11-8-,12-9-,19-16-,20-17-,21-18-,28-25-,29-26-,30-27-,35-33-,38-37-,41-34-,42-40-,49-46-,50-47-. The van der Waals surface area contributed by atoms with Crippen LogP contribution in [-0.4, -0.2) is 37.2 Å². The fraction of sp³-hybridized carbons (Fsp3) is 0.571. The molecule has 1 unspecified atom stereocenters. The first-order valence-electron chi connectivity index (χ1n) is 33.3. The Bertz CT molecular complexity index is 1940. The van der Waals surface area contributed by atoms with E-state index in [4.69, 9.17) is 14.2 Å². The lowest BCUT2D eigenvalue weighted by molar-refractivity contribution is -0.167. The SMILES string of the molecule is CC/C=C\C/C=C\C/C=C\C/C=C\C/C=C\C/C=C\C/C=C\CCCCCCCC(=O)OCC(COC(=O)CCCCCCCCC/C=C\C/C=C\C/C=C\CC)OC(=O)CCCCCCC/C=C\C/C=C\C/C=C\C/C=C\C/C=C\CC. The van der Waals surface area contributed by atoms with Crippen molar-refractivity contribution in [2.45, 2.75) is 271 Å². The number of unbranched alkanes of at least 4 members (excludes halogenated alkanes) is 17. The summed E-state index contributed by atoms with van der Waals surface area (Å²) in [6, 6.07) is 0. The lowest BCUT2D eigenvalue weighted by Gasteiger charge is -2.18. The quantitative estimate of drug-likeness (QED) is 0.0261. The van der Waals surface area contributed by atoms with E-state index in [0.29, 0.717) is 12.8 Å². The lowest BCUT2D eigenvalue weighted by atomic mass is 10.1. The number of hydrogen-bond acceptors (Lipinski definition) is 6. The maximum atomic E-state index is 12.9. The van der Waals surface area contributed by atoms with Gasteiger partial charge in [-0.1, -0.05) is 274 Å². The fourth-order valence-corrected chi connectivity index (χ4v) is 8.52. The van der Waals surface area contributed by atoms with Gasteiger partial charge in [-0.2, -0.15) is 0 Å². The van der Waals surface area contributed by atoms with E-state index in [-0.39, 0.29) is 37.5 Å². The Hall–Kier alpha value is -5.49. The van der Waals surface area contributed by atoms with Crippen molar-refractivity contribution in [1.29, 1.82) is 0 Å². The van der Waals surface area contributed by atoms with Gasteiger partial charge in [0.1, 0.15) is 13.2 Å². The number of allylic oxidation sites excluding steroid dienone is 30. The van der Waals surface area contributed by atoms with Gasteiger partial charge in [0, 0.05) is 19.3 Å². The van der Waals surface area contributed by atoms with Crippen molar-refractivity contribution < 1.29 is 28.6 Å². The van der Waals surface area contributed by atoms with Gasteiger partial charge in [0.2, 0.25) is 0 Å². The smallest absolute Gasteiger partial charge is 0.306 e. The highest BCUT2D eigenvalue weighted by Gasteiger charge is 2.19. The van der Waals surface area contributed by atoms with Crippen molar-refractivity contribution >= 4 is 17.9 Å². The molecule has 0 N–H and O–H groups in total. The lowest BCUT2D eigenvalue weighted by Crippen LogP contribution is -2.30. The third-order valence-corrected chi connectivity index (χ3v) is 13.4. The molecule has 0 rings (SSSR count). The van der Waals surface area contributed by atoms with Gasteiger partial charge in [0.05, 0.1) is 0 Å². The highest BCUT2D eigenvalue weighted by atomic mass is 16.6. The predicted molar refractivity (Wildman–Crippen MR) is 361 cm³/mol. The van der Waals surface area contributed by atoms with Crippen LogP contribution in [-0.2, 0) is 28.6 Å². The Labute approximate surface area is 510 Å². The molecule has 464 valence electrons. The minimum atomic E-state index is -0.814. The normalized spacial score (nSPS) is 13.3. The van der Waals surface area contributed by atoms with Crippen LogP contribution < -0.4 is 0 Å². The Morgan fingerprint density at radius 2 is 0.434 bits per heavy atom. The van der Waals surface area contributed by atoms with Crippen LogP contribution in [0.2, 0.25) is 0 Å². The molecule has 6 nitrogen and oxygen atoms in total. The molecule has 1 atom stereocenters. The molecule has 0 saturated heterocycles. The molecule has 0 amide bonds. The van der Waals surface area contributed by atoms with E-state index < -0.39 is 6.10 Å². The Kier molecular flexibility index (Phi) is 64.4. The van der Waals surface area contributed by atoms with Gasteiger partial charge in [-0.3, -0.25) is 14.4 Å². The topological polar surface area (TPSA) is 78.9 Å². The van der Waals surface area contributed by atoms with Gasteiger partial charge in [0.15, 0.2) is 6.10 Å². The van der Waals surface area contributed by atoms with E-state index >= 15 is 0 Å². The summed E-state index contributed by atoms with van der Waals surface area (Å²) < 4.78 is 16.9. The minimum absolute atomic E-state index is 0.107. The number of hydrogen-bond donors (Lipinski definition) is 0. The van der Waals surface area contributed by atoms with E-state index in [0.717, 1.165) is 199 Å². The molecule has 0 bridgehead atoms. The molecule has 83 heavy (non-hydrogen) atoms. The maximum Gasteiger partial charge on any atom is 0.306 e. The Morgan fingerprint density at radius 3 is 0.675 bits per heavy atom. The molecule has 0 heterocycles. The zero-order chi connectivity index (χ0) is 59.9. The second-order valence-corrected chi connectivity index (χ2v) is 21.2. The first kappa shape index (κ1) is 77.5. The summed E-state index contributed by atoms with van der Waals surface area (Å²) in [6.45, 7) is 6.26. The van der Waals surface area contributed by atoms with Crippen LogP contribution in [0, 0.1) is 0 Å². The number of esters is 3. The zero-order valence-electron chi connectivity index (χ0n) is 53.1. The number of carbonyl (C=O) groups excluding carboxylic acids is 3. The largest absolute Gasteiger partial charge is 0.462 e. The van der Waals surface area contributed by atoms with E-state index in [1.807, 2.05) is 0 Å². The van der Waals surface area contributed by atoms with Crippen molar-refractivity contribution in [3.63, 3.8) is 0 Å². The third-order valence-electron chi connectivity index (χ3n) is 13.4. The molecule has 0 spiro atoms. The fourth-order valence-electron chi connectivity index (χ4n) is 8.52. The molecule has 0 aromatic heterocycles. The van der Waals surface area contributed by atoms with E-state index in [2.05, 4.69) is 203 Å². The summed E-state index contributed by atoms with van der Waals surface area (Å²) in [7, 11) is 0. The van der Waals surface area contributed by atoms with E-state index in [1.54, 1.807) is 0 Å². The number of rotatable bonds is 58. The van der Waals surface area contributed by atoms with Crippen molar-refractivity contribution in [2.24, 2.45) is 0 Å². The first-order valence-corrected chi connectivity index (χ1v) is 33.3. The minimum Gasteiger partial charge on any atom is -0.462 e. The van der Waals surface area contributed by atoms with Gasteiger partial charge in [-0.25, -0.2) is 0 Å². The average Bonchev–Trinajstić information content (AvgIpc) is 3.49. The van der Waals surface area contributed by atoms with Gasteiger partial charge >= 0.3 is 17.9 Å².